The molecule has 1 rings (SSSR count). The Morgan fingerprint density at radius 3 is 2.53 bits per heavy atom. The lowest BCUT2D eigenvalue weighted by Gasteiger charge is -2.00. The third-order valence-electron chi connectivity index (χ3n) is 1.92. The zero-order valence-corrected chi connectivity index (χ0v) is 9.20. The monoisotopic (exact) mass is 226 g/mol. The van der Waals surface area contributed by atoms with Gasteiger partial charge in [-0.05, 0) is 6.42 Å². The molecule has 0 radical (unpaired) electrons. The van der Waals surface area contributed by atoms with Crippen LogP contribution in [0.25, 0.3) is 0 Å². The molecule has 1 aromatic carbocycles. The summed E-state index contributed by atoms with van der Waals surface area (Å²) in [4.78, 5) is 11.6. The first-order chi connectivity index (χ1) is 7.24. The maximum absolute atomic E-state index is 11.6. The number of ketones is 1. The van der Waals surface area contributed by atoms with Crippen LogP contribution in [0.3, 0.4) is 0 Å². The number of carbonyl (C=O) groups is 1. The highest BCUT2D eigenvalue weighted by molar-refractivity contribution is 7.85. The smallest absolute Gasteiger partial charge is 0.175 e. The molecular formula is C11H14O3S. The fourth-order valence-electron chi connectivity index (χ4n) is 1.15. The van der Waals surface area contributed by atoms with Crippen LogP contribution >= 0.6 is 0 Å². The van der Waals surface area contributed by atoms with Gasteiger partial charge in [-0.15, -0.1) is 0 Å². The second-order valence-corrected chi connectivity index (χ2v) is 4.73. The fraction of sp³-hybridized carbons (Fsp3) is 0.364. The van der Waals surface area contributed by atoms with Gasteiger partial charge < -0.3 is 5.11 Å². The lowest BCUT2D eigenvalue weighted by Crippen LogP contribution is -2.13. The number of carbonyl (C=O) groups excluding carboxylic acids is 1. The molecule has 1 atom stereocenters. The first-order valence-electron chi connectivity index (χ1n) is 4.78. The Balaban J connectivity index is 2.46. The van der Waals surface area contributed by atoms with Crippen molar-refractivity contribution < 1.29 is 14.1 Å². The van der Waals surface area contributed by atoms with Crippen LogP contribution in [0.5, 0.6) is 0 Å². The average Bonchev–Trinajstić information content (AvgIpc) is 2.27. The van der Waals surface area contributed by atoms with E-state index in [-0.39, 0.29) is 18.1 Å². The van der Waals surface area contributed by atoms with Gasteiger partial charge in [-0.1, -0.05) is 30.3 Å². The molecule has 0 bridgehead atoms. The molecule has 4 heteroatoms. The Hall–Kier alpha value is -1.00. The summed E-state index contributed by atoms with van der Waals surface area (Å²) in [5, 5.41) is 8.55. The molecule has 0 aliphatic heterocycles. The van der Waals surface area contributed by atoms with E-state index in [1.807, 2.05) is 6.07 Å². The van der Waals surface area contributed by atoms with Crippen molar-refractivity contribution in [2.45, 2.75) is 6.42 Å². The zero-order chi connectivity index (χ0) is 11.1. The van der Waals surface area contributed by atoms with E-state index >= 15 is 0 Å². The Bertz CT molecular complexity index is 335. The highest BCUT2D eigenvalue weighted by Crippen LogP contribution is 2.01. The molecule has 0 heterocycles. The van der Waals surface area contributed by atoms with Gasteiger partial charge in [0.2, 0.25) is 0 Å². The lowest BCUT2D eigenvalue weighted by atomic mass is 10.2. The first kappa shape index (κ1) is 12.1. The number of benzene rings is 1. The Morgan fingerprint density at radius 2 is 1.93 bits per heavy atom. The summed E-state index contributed by atoms with van der Waals surface area (Å²) in [6.45, 7) is 0.0191. The minimum atomic E-state index is -1.16. The number of hydrogen-bond acceptors (Lipinski definition) is 3. The molecule has 0 amide bonds. The Kier molecular flexibility index (Phi) is 5.21. The van der Waals surface area contributed by atoms with Crippen molar-refractivity contribution in [3.8, 4) is 0 Å². The van der Waals surface area contributed by atoms with Crippen LogP contribution < -0.4 is 0 Å². The molecule has 0 saturated carbocycles. The van der Waals surface area contributed by atoms with E-state index in [0.29, 0.717) is 17.7 Å². The van der Waals surface area contributed by atoms with Crippen molar-refractivity contribution in [2.75, 3.05) is 18.1 Å². The van der Waals surface area contributed by atoms with Crippen molar-refractivity contribution in [2.24, 2.45) is 0 Å². The number of aliphatic hydroxyl groups is 1. The molecule has 1 N–H and O–H groups in total. The predicted octanol–water partition coefficient (Wildman–Crippen LogP) is 1.00. The summed E-state index contributed by atoms with van der Waals surface area (Å²) in [5.74, 6) is 0.325. The highest BCUT2D eigenvalue weighted by Gasteiger charge is 2.09. The van der Waals surface area contributed by atoms with E-state index in [2.05, 4.69) is 0 Å². The summed E-state index contributed by atoms with van der Waals surface area (Å²) < 4.78 is 11.4. The maximum Gasteiger partial charge on any atom is 0.175 e. The molecule has 0 saturated heterocycles. The van der Waals surface area contributed by atoms with Crippen LogP contribution in [0, 0.1) is 0 Å². The SMILES string of the molecule is O=C(CS(=O)CCCO)c1ccccc1. The minimum Gasteiger partial charge on any atom is -0.396 e. The molecule has 0 aliphatic carbocycles. The van der Waals surface area contributed by atoms with E-state index in [4.69, 9.17) is 5.11 Å². The van der Waals surface area contributed by atoms with E-state index in [1.54, 1.807) is 24.3 Å². The van der Waals surface area contributed by atoms with E-state index in [1.165, 1.54) is 0 Å². The molecule has 0 fully saturated rings. The average molecular weight is 226 g/mol. The third kappa shape index (κ3) is 4.36. The van der Waals surface area contributed by atoms with Crippen molar-refractivity contribution in [3.63, 3.8) is 0 Å². The largest absolute Gasteiger partial charge is 0.396 e. The maximum atomic E-state index is 11.6. The van der Waals surface area contributed by atoms with Crippen LogP contribution in [0.15, 0.2) is 30.3 Å². The van der Waals surface area contributed by atoms with Gasteiger partial charge in [0.15, 0.2) is 5.78 Å². The Morgan fingerprint density at radius 1 is 1.27 bits per heavy atom. The molecule has 3 nitrogen and oxygen atoms in total. The van der Waals surface area contributed by atoms with Crippen LogP contribution in [0.2, 0.25) is 0 Å². The van der Waals surface area contributed by atoms with Crippen LogP contribution in [0.4, 0.5) is 0 Å². The number of hydrogen-bond donors (Lipinski definition) is 1. The second kappa shape index (κ2) is 6.48. The number of Topliss-reactive ketones (excluding diaryl/α,β-unsaturated/α-hetero) is 1. The Labute approximate surface area is 91.6 Å². The molecule has 15 heavy (non-hydrogen) atoms. The summed E-state index contributed by atoms with van der Waals surface area (Å²) in [6, 6.07) is 8.82. The van der Waals surface area contributed by atoms with Crippen molar-refractivity contribution in [1.82, 2.24) is 0 Å². The standard InChI is InChI=1S/C11H14O3S/c12-7-4-8-15(14)9-11(13)10-5-2-1-3-6-10/h1-3,5-6,12H,4,7-9H2. The summed E-state index contributed by atoms with van der Waals surface area (Å²) in [5.41, 5.74) is 0.592. The topological polar surface area (TPSA) is 54.4 Å². The second-order valence-electron chi connectivity index (χ2n) is 3.15. The molecule has 0 aromatic heterocycles. The van der Waals surface area contributed by atoms with Crippen molar-refractivity contribution >= 4 is 16.6 Å². The normalized spacial score (nSPS) is 12.3. The van der Waals surface area contributed by atoms with E-state index in [0.717, 1.165) is 0 Å². The molecule has 82 valence electrons. The molecule has 1 aromatic rings. The van der Waals surface area contributed by atoms with Gasteiger partial charge in [0, 0.05) is 28.7 Å². The minimum absolute atomic E-state index is 0.0191. The molecule has 0 spiro atoms. The van der Waals surface area contributed by atoms with Gasteiger partial charge in [-0.2, -0.15) is 0 Å². The van der Waals surface area contributed by atoms with Crippen molar-refractivity contribution in [1.29, 1.82) is 0 Å². The van der Waals surface area contributed by atoms with Crippen molar-refractivity contribution in [3.05, 3.63) is 35.9 Å². The summed E-state index contributed by atoms with van der Waals surface area (Å²) >= 11 is 0. The van der Waals surface area contributed by atoms with Gasteiger partial charge in [-0.3, -0.25) is 9.00 Å². The quantitative estimate of drug-likeness (QED) is 0.736. The van der Waals surface area contributed by atoms with Crippen LogP contribution in [-0.4, -0.2) is 33.2 Å². The van der Waals surface area contributed by atoms with Gasteiger partial charge in [0.05, 0.1) is 5.75 Å². The van der Waals surface area contributed by atoms with Crippen LogP contribution in [-0.2, 0) is 10.8 Å². The summed E-state index contributed by atoms with van der Waals surface area (Å²) in [6.07, 6.45) is 0.481. The highest BCUT2D eigenvalue weighted by atomic mass is 32.2. The van der Waals surface area contributed by atoms with E-state index < -0.39 is 10.8 Å². The number of rotatable bonds is 6. The third-order valence-corrected chi connectivity index (χ3v) is 3.25. The molecule has 1 unspecified atom stereocenters. The predicted molar refractivity (Wildman–Crippen MR) is 60.4 cm³/mol. The van der Waals surface area contributed by atoms with Gasteiger partial charge in [0.25, 0.3) is 0 Å². The number of aliphatic hydroxyl groups excluding tert-OH is 1. The van der Waals surface area contributed by atoms with E-state index in [9.17, 15) is 9.00 Å². The zero-order valence-electron chi connectivity index (χ0n) is 8.39. The summed E-state index contributed by atoms with van der Waals surface area (Å²) in [7, 11) is -1.16. The van der Waals surface area contributed by atoms with Gasteiger partial charge >= 0.3 is 0 Å². The lowest BCUT2D eigenvalue weighted by molar-refractivity contribution is 0.102. The van der Waals surface area contributed by atoms with Gasteiger partial charge in [0.1, 0.15) is 0 Å². The fourth-order valence-corrected chi connectivity index (χ4v) is 2.21. The van der Waals surface area contributed by atoms with Crippen LogP contribution in [0.1, 0.15) is 16.8 Å². The molecule has 0 aliphatic rings. The first-order valence-corrected chi connectivity index (χ1v) is 6.27. The van der Waals surface area contributed by atoms with Gasteiger partial charge in [-0.25, -0.2) is 0 Å². The molecular weight excluding hydrogens is 212 g/mol.